The standard InChI is InChI=1S/C19H18F6N4O3/c20-18(21,22)12-3-1-2-11(10-12)15(8-9-16(26)30)28-29(17(27)31)13-4-6-14(7-5-13)32-19(23,24)25/h1-7,10,15,28H,8-9H2,(H2,26,30)(H2,27,31). The van der Waals surface area contributed by atoms with E-state index in [2.05, 4.69) is 10.2 Å². The zero-order valence-electron chi connectivity index (χ0n) is 16.2. The molecular formula is C19H18F6N4O3. The van der Waals surface area contributed by atoms with Gasteiger partial charge in [-0.15, -0.1) is 13.2 Å². The minimum Gasteiger partial charge on any atom is -0.406 e. The second kappa shape index (κ2) is 9.77. The zero-order valence-corrected chi connectivity index (χ0v) is 16.2. The topological polar surface area (TPSA) is 111 Å². The van der Waals surface area contributed by atoms with Gasteiger partial charge in [0.1, 0.15) is 5.75 Å². The number of nitrogens with one attached hydrogen (secondary N) is 1. The number of anilines is 1. The summed E-state index contributed by atoms with van der Waals surface area (Å²) in [5, 5.41) is 0.725. The number of hydrazine groups is 1. The molecule has 1 unspecified atom stereocenters. The van der Waals surface area contributed by atoms with Crippen LogP contribution >= 0.6 is 0 Å². The van der Waals surface area contributed by atoms with Crippen molar-refractivity contribution in [2.75, 3.05) is 5.01 Å². The number of amides is 3. The molecule has 0 aromatic heterocycles. The van der Waals surface area contributed by atoms with Crippen molar-refractivity contribution in [2.24, 2.45) is 11.5 Å². The summed E-state index contributed by atoms with van der Waals surface area (Å²) in [6.07, 6.45) is -9.90. The van der Waals surface area contributed by atoms with Crippen LogP contribution in [0.5, 0.6) is 5.75 Å². The van der Waals surface area contributed by atoms with E-state index in [1.807, 2.05) is 0 Å². The Balaban J connectivity index is 2.34. The normalized spacial score (nSPS) is 12.8. The lowest BCUT2D eigenvalue weighted by atomic mass is 10.00. The molecule has 3 amide bonds. The smallest absolute Gasteiger partial charge is 0.406 e. The van der Waals surface area contributed by atoms with Gasteiger partial charge in [-0.2, -0.15) is 13.2 Å². The third-order valence-electron chi connectivity index (χ3n) is 4.13. The molecule has 13 heteroatoms. The quantitative estimate of drug-likeness (QED) is 0.405. The molecule has 2 aromatic carbocycles. The maximum Gasteiger partial charge on any atom is 0.573 e. The van der Waals surface area contributed by atoms with Crippen LogP contribution in [0.15, 0.2) is 48.5 Å². The van der Waals surface area contributed by atoms with Gasteiger partial charge < -0.3 is 16.2 Å². The predicted octanol–water partition coefficient (Wildman–Crippen LogP) is 4.00. The van der Waals surface area contributed by atoms with Crippen LogP contribution in [-0.4, -0.2) is 18.3 Å². The summed E-state index contributed by atoms with van der Waals surface area (Å²) in [6.45, 7) is 0. The van der Waals surface area contributed by atoms with Crippen LogP contribution < -0.4 is 26.6 Å². The van der Waals surface area contributed by atoms with E-state index in [0.29, 0.717) is 0 Å². The van der Waals surface area contributed by atoms with Crippen LogP contribution in [0.25, 0.3) is 0 Å². The molecule has 0 aliphatic carbocycles. The van der Waals surface area contributed by atoms with Crippen molar-refractivity contribution in [1.29, 1.82) is 0 Å². The first kappa shape index (κ1) is 24.8. The van der Waals surface area contributed by atoms with Crippen molar-refractivity contribution < 1.29 is 40.7 Å². The first-order chi connectivity index (χ1) is 14.8. The number of alkyl halides is 6. The van der Waals surface area contributed by atoms with E-state index < -0.39 is 41.8 Å². The molecule has 0 bridgehead atoms. The van der Waals surface area contributed by atoms with Gasteiger partial charge in [-0.1, -0.05) is 12.1 Å². The van der Waals surface area contributed by atoms with Gasteiger partial charge in [0.05, 0.1) is 17.3 Å². The van der Waals surface area contributed by atoms with Gasteiger partial charge in [-0.05, 0) is 48.4 Å². The van der Waals surface area contributed by atoms with Gasteiger partial charge in [-0.3, -0.25) is 4.79 Å². The molecular weight excluding hydrogens is 446 g/mol. The molecule has 32 heavy (non-hydrogen) atoms. The zero-order chi connectivity index (χ0) is 24.1. The molecule has 174 valence electrons. The second-order valence-corrected chi connectivity index (χ2v) is 6.53. The van der Waals surface area contributed by atoms with Crippen molar-refractivity contribution >= 4 is 17.6 Å². The highest BCUT2D eigenvalue weighted by Gasteiger charge is 2.32. The Morgan fingerprint density at radius 1 is 1.00 bits per heavy atom. The van der Waals surface area contributed by atoms with Crippen LogP contribution in [0, 0.1) is 0 Å². The highest BCUT2D eigenvalue weighted by molar-refractivity contribution is 5.89. The van der Waals surface area contributed by atoms with Crippen LogP contribution in [0.2, 0.25) is 0 Å². The second-order valence-electron chi connectivity index (χ2n) is 6.53. The fourth-order valence-corrected chi connectivity index (χ4v) is 2.74. The van der Waals surface area contributed by atoms with Gasteiger partial charge in [0.2, 0.25) is 5.91 Å². The lowest BCUT2D eigenvalue weighted by Gasteiger charge is -2.28. The van der Waals surface area contributed by atoms with Crippen LogP contribution in [0.3, 0.4) is 0 Å². The molecule has 2 aromatic rings. The average molecular weight is 464 g/mol. The van der Waals surface area contributed by atoms with Crippen LogP contribution in [0.1, 0.15) is 30.0 Å². The number of hydrogen-bond donors (Lipinski definition) is 3. The number of nitrogens with two attached hydrogens (primary N) is 2. The minimum atomic E-state index is -4.92. The number of carbonyl (C=O) groups is 2. The third-order valence-corrected chi connectivity index (χ3v) is 4.13. The SMILES string of the molecule is NC(=O)CCC(NN(C(N)=O)c1ccc(OC(F)(F)F)cc1)c1cccc(C(F)(F)F)c1. The van der Waals surface area contributed by atoms with E-state index >= 15 is 0 Å². The van der Waals surface area contributed by atoms with E-state index in [1.54, 1.807) is 0 Å². The van der Waals surface area contributed by atoms with Crippen molar-refractivity contribution in [2.45, 2.75) is 31.4 Å². The molecule has 2 rings (SSSR count). The first-order valence-corrected chi connectivity index (χ1v) is 8.93. The molecule has 0 aliphatic heterocycles. The van der Waals surface area contributed by atoms with E-state index in [-0.39, 0.29) is 24.1 Å². The number of primary amides is 2. The Morgan fingerprint density at radius 3 is 2.12 bits per heavy atom. The van der Waals surface area contributed by atoms with Crippen LogP contribution in [0.4, 0.5) is 36.8 Å². The number of rotatable bonds is 8. The summed E-state index contributed by atoms with van der Waals surface area (Å²) >= 11 is 0. The summed E-state index contributed by atoms with van der Waals surface area (Å²) in [6, 6.07) is 6.03. The number of halogens is 6. The summed E-state index contributed by atoms with van der Waals surface area (Å²) < 4.78 is 80.0. The summed E-state index contributed by atoms with van der Waals surface area (Å²) in [5.74, 6) is -1.29. The third kappa shape index (κ3) is 7.34. The predicted molar refractivity (Wildman–Crippen MR) is 101 cm³/mol. The number of ether oxygens (including phenoxy) is 1. The fraction of sp³-hybridized carbons (Fsp3) is 0.263. The Hall–Kier alpha value is -3.48. The summed E-state index contributed by atoms with van der Waals surface area (Å²) in [4.78, 5) is 23.2. The number of carbonyl (C=O) groups excluding carboxylic acids is 2. The first-order valence-electron chi connectivity index (χ1n) is 8.93. The van der Waals surface area contributed by atoms with E-state index in [4.69, 9.17) is 11.5 Å². The Labute approximate surface area is 177 Å². The average Bonchev–Trinajstić information content (AvgIpc) is 2.67. The largest absolute Gasteiger partial charge is 0.573 e. The number of hydrogen-bond acceptors (Lipinski definition) is 4. The van der Waals surface area contributed by atoms with Crippen molar-refractivity contribution in [3.8, 4) is 5.75 Å². The Morgan fingerprint density at radius 2 is 1.62 bits per heavy atom. The Bertz CT molecular complexity index is 947. The van der Waals surface area contributed by atoms with Gasteiger partial charge in [0, 0.05) is 6.42 Å². The molecule has 0 spiro atoms. The van der Waals surface area contributed by atoms with E-state index in [0.717, 1.165) is 47.5 Å². The molecule has 7 nitrogen and oxygen atoms in total. The van der Waals surface area contributed by atoms with Crippen molar-refractivity contribution in [3.05, 3.63) is 59.7 Å². The highest BCUT2D eigenvalue weighted by Crippen LogP contribution is 2.32. The lowest BCUT2D eigenvalue weighted by molar-refractivity contribution is -0.274. The number of nitrogens with zero attached hydrogens (tertiary/aromatic N) is 1. The Kier molecular flexibility index (Phi) is 7.56. The molecule has 0 saturated heterocycles. The van der Waals surface area contributed by atoms with E-state index in [9.17, 15) is 35.9 Å². The fourth-order valence-electron chi connectivity index (χ4n) is 2.74. The molecule has 0 aliphatic rings. The van der Waals surface area contributed by atoms with Crippen LogP contribution in [-0.2, 0) is 11.0 Å². The highest BCUT2D eigenvalue weighted by atomic mass is 19.4. The van der Waals surface area contributed by atoms with E-state index in [1.165, 1.54) is 6.07 Å². The molecule has 1 atom stereocenters. The minimum absolute atomic E-state index is 0.0249. The summed E-state index contributed by atoms with van der Waals surface area (Å²) in [5.41, 5.74) is 12.2. The molecule has 0 fully saturated rings. The lowest BCUT2D eigenvalue weighted by Crippen LogP contribution is -2.48. The molecule has 0 radical (unpaired) electrons. The number of benzene rings is 2. The van der Waals surface area contributed by atoms with Crippen molar-refractivity contribution in [1.82, 2.24) is 5.43 Å². The van der Waals surface area contributed by atoms with Gasteiger partial charge in [0.25, 0.3) is 0 Å². The number of urea groups is 1. The maximum absolute atomic E-state index is 13.1. The monoisotopic (exact) mass is 464 g/mol. The molecule has 0 saturated carbocycles. The van der Waals surface area contributed by atoms with Gasteiger partial charge in [-0.25, -0.2) is 15.2 Å². The van der Waals surface area contributed by atoms with Gasteiger partial charge >= 0.3 is 18.6 Å². The molecule has 5 N–H and O–H groups in total. The summed E-state index contributed by atoms with van der Waals surface area (Å²) in [7, 11) is 0. The molecule has 0 heterocycles. The van der Waals surface area contributed by atoms with Crippen molar-refractivity contribution in [3.63, 3.8) is 0 Å². The van der Waals surface area contributed by atoms with Gasteiger partial charge in [0.15, 0.2) is 0 Å². The maximum atomic E-state index is 13.1.